The summed E-state index contributed by atoms with van der Waals surface area (Å²) in [6, 6.07) is 13.0. The van der Waals surface area contributed by atoms with Crippen LogP contribution in [0.15, 0.2) is 46.9 Å². The van der Waals surface area contributed by atoms with Crippen molar-refractivity contribution in [1.29, 1.82) is 5.26 Å². The van der Waals surface area contributed by atoms with E-state index in [2.05, 4.69) is 20.8 Å². The molecule has 1 fully saturated rings. The Kier molecular flexibility index (Phi) is 6.82. The normalized spacial score (nSPS) is 17.5. The SMILES string of the molecule is N#Cc1ccc(Nc2nnc(C(=O)Nc3ccc(C4CCC(CC(=O)O)CC4)cc3)o2)c(F)c1. The zero-order valence-electron chi connectivity index (χ0n) is 18.1. The van der Waals surface area contributed by atoms with Crippen molar-refractivity contribution < 1.29 is 23.5 Å². The van der Waals surface area contributed by atoms with Gasteiger partial charge in [0.2, 0.25) is 0 Å². The quantitative estimate of drug-likeness (QED) is 0.453. The molecule has 34 heavy (non-hydrogen) atoms. The van der Waals surface area contributed by atoms with Crippen LogP contribution >= 0.6 is 0 Å². The highest BCUT2D eigenvalue weighted by atomic mass is 19.1. The van der Waals surface area contributed by atoms with Gasteiger partial charge in [-0.2, -0.15) is 5.26 Å². The second-order valence-electron chi connectivity index (χ2n) is 8.24. The molecule has 1 aromatic heterocycles. The first kappa shape index (κ1) is 22.9. The van der Waals surface area contributed by atoms with E-state index in [0.717, 1.165) is 37.3 Å². The first-order chi connectivity index (χ1) is 16.4. The fraction of sp³-hybridized carbons (Fsp3) is 0.292. The lowest BCUT2D eigenvalue weighted by Crippen LogP contribution is -2.16. The number of aliphatic carboxylic acids is 1. The number of aromatic nitrogens is 2. The fourth-order valence-corrected chi connectivity index (χ4v) is 4.14. The third-order valence-corrected chi connectivity index (χ3v) is 5.91. The molecule has 1 amide bonds. The lowest BCUT2D eigenvalue weighted by molar-refractivity contribution is -0.138. The van der Waals surface area contributed by atoms with Gasteiger partial charge in [0.1, 0.15) is 5.82 Å². The number of hydrogen-bond donors (Lipinski definition) is 3. The van der Waals surface area contributed by atoms with Crippen molar-refractivity contribution in [3.05, 3.63) is 65.3 Å². The van der Waals surface area contributed by atoms with Crippen LogP contribution in [0.3, 0.4) is 0 Å². The first-order valence-electron chi connectivity index (χ1n) is 10.8. The number of benzene rings is 2. The minimum atomic E-state index is -0.742. The summed E-state index contributed by atoms with van der Waals surface area (Å²) in [5.41, 5.74) is 1.91. The summed E-state index contributed by atoms with van der Waals surface area (Å²) in [4.78, 5) is 23.3. The second kappa shape index (κ2) is 10.1. The Morgan fingerprint density at radius 1 is 1.12 bits per heavy atom. The molecule has 1 heterocycles. The highest BCUT2D eigenvalue weighted by molar-refractivity contribution is 6.00. The zero-order valence-corrected chi connectivity index (χ0v) is 18.1. The molecule has 0 unspecified atom stereocenters. The standard InChI is InChI=1S/C24H22FN5O4/c25-19-11-15(13-26)3-10-20(19)28-24-30-29-23(34-24)22(33)27-18-8-6-17(7-9-18)16-4-1-14(2-5-16)12-21(31)32/h3,6-11,14,16H,1-2,4-5,12H2,(H,27,33)(H,28,30)(H,31,32). The third-order valence-electron chi connectivity index (χ3n) is 5.91. The number of nitriles is 1. The van der Waals surface area contributed by atoms with Crippen LogP contribution in [-0.2, 0) is 4.79 Å². The van der Waals surface area contributed by atoms with E-state index < -0.39 is 17.7 Å². The molecule has 1 aliphatic rings. The first-order valence-corrected chi connectivity index (χ1v) is 10.8. The predicted octanol–water partition coefficient (Wildman–Crippen LogP) is 4.82. The molecule has 9 nitrogen and oxygen atoms in total. The van der Waals surface area contributed by atoms with Gasteiger partial charge < -0.3 is 20.2 Å². The van der Waals surface area contributed by atoms with Crippen LogP contribution in [0.2, 0.25) is 0 Å². The van der Waals surface area contributed by atoms with Gasteiger partial charge in [-0.1, -0.05) is 17.2 Å². The number of halogens is 1. The van der Waals surface area contributed by atoms with Gasteiger partial charge in [-0.3, -0.25) is 9.59 Å². The third kappa shape index (κ3) is 5.56. The number of carboxylic acids is 1. The number of hydrogen-bond acceptors (Lipinski definition) is 7. The summed E-state index contributed by atoms with van der Waals surface area (Å²) in [5, 5.41) is 30.4. The van der Waals surface area contributed by atoms with Gasteiger partial charge in [-0.25, -0.2) is 4.39 Å². The monoisotopic (exact) mass is 463 g/mol. The van der Waals surface area contributed by atoms with E-state index in [1.807, 2.05) is 18.2 Å². The van der Waals surface area contributed by atoms with Crippen molar-refractivity contribution in [3.8, 4) is 6.07 Å². The van der Waals surface area contributed by atoms with Gasteiger partial charge in [0.25, 0.3) is 0 Å². The van der Waals surface area contributed by atoms with Crippen LogP contribution in [-0.4, -0.2) is 27.2 Å². The maximum atomic E-state index is 14.0. The van der Waals surface area contributed by atoms with Gasteiger partial charge in [-0.15, -0.1) is 5.10 Å². The zero-order chi connectivity index (χ0) is 24.1. The molecular formula is C24H22FN5O4. The van der Waals surface area contributed by atoms with Crippen LogP contribution in [0.5, 0.6) is 0 Å². The van der Waals surface area contributed by atoms with Crippen LogP contribution in [0, 0.1) is 23.1 Å². The van der Waals surface area contributed by atoms with E-state index in [9.17, 15) is 14.0 Å². The van der Waals surface area contributed by atoms with Crippen LogP contribution in [0.1, 0.15) is 59.8 Å². The molecule has 10 heteroatoms. The summed E-state index contributed by atoms with van der Waals surface area (Å²) in [7, 11) is 0. The molecular weight excluding hydrogens is 441 g/mol. The summed E-state index contributed by atoms with van der Waals surface area (Å²) in [6.07, 6.45) is 3.92. The van der Waals surface area contributed by atoms with Crippen LogP contribution in [0.25, 0.3) is 0 Å². The van der Waals surface area contributed by atoms with Crippen molar-refractivity contribution in [1.82, 2.24) is 10.2 Å². The maximum Gasteiger partial charge on any atom is 0.320 e. The smallest absolute Gasteiger partial charge is 0.320 e. The fourth-order valence-electron chi connectivity index (χ4n) is 4.14. The molecule has 0 spiro atoms. The Balaban J connectivity index is 1.33. The van der Waals surface area contributed by atoms with Gasteiger partial charge in [0.15, 0.2) is 0 Å². The molecule has 0 aliphatic heterocycles. The number of carbonyl (C=O) groups is 2. The van der Waals surface area contributed by atoms with E-state index >= 15 is 0 Å². The topological polar surface area (TPSA) is 141 Å². The van der Waals surface area contributed by atoms with Gasteiger partial charge in [0, 0.05) is 12.1 Å². The number of carbonyl (C=O) groups excluding carboxylic acids is 1. The Morgan fingerprint density at radius 2 is 1.85 bits per heavy atom. The molecule has 2 aromatic carbocycles. The Bertz CT molecular complexity index is 1230. The number of anilines is 3. The summed E-state index contributed by atoms with van der Waals surface area (Å²) < 4.78 is 19.3. The lowest BCUT2D eigenvalue weighted by Gasteiger charge is -2.28. The average Bonchev–Trinajstić information content (AvgIpc) is 3.30. The molecule has 1 aliphatic carbocycles. The number of amides is 1. The average molecular weight is 463 g/mol. The van der Waals surface area contributed by atoms with E-state index in [-0.39, 0.29) is 35.5 Å². The minimum Gasteiger partial charge on any atom is -0.481 e. The van der Waals surface area contributed by atoms with Crippen LogP contribution < -0.4 is 10.6 Å². The van der Waals surface area contributed by atoms with Crippen molar-refractivity contribution in [3.63, 3.8) is 0 Å². The van der Waals surface area contributed by atoms with Crippen molar-refractivity contribution in [2.45, 2.75) is 38.0 Å². The lowest BCUT2D eigenvalue weighted by atomic mass is 9.77. The Labute approximate surface area is 194 Å². The highest BCUT2D eigenvalue weighted by Gasteiger charge is 2.24. The van der Waals surface area contributed by atoms with E-state index in [0.29, 0.717) is 11.6 Å². The van der Waals surface area contributed by atoms with Crippen molar-refractivity contribution in [2.24, 2.45) is 5.92 Å². The molecule has 0 bridgehead atoms. The van der Waals surface area contributed by atoms with Crippen molar-refractivity contribution >= 4 is 29.3 Å². The van der Waals surface area contributed by atoms with Gasteiger partial charge >= 0.3 is 23.8 Å². The summed E-state index contributed by atoms with van der Waals surface area (Å²) >= 11 is 0. The molecule has 3 aromatic rings. The number of rotatable bonds is 7. The summed E-state index contributed by atoms with van der Waals surface area (Å²) in [6.45, 7) is 0. The predicted molar refractivity (Wildman–Crippen MR) is 120 cm³/mol. The van der Waals surface area contributed by atoms with Crippen LogP contribution in [0.4, 0.5) is 21.8 Å². The van der Waals surface area contributed by atoms with Gasteiger partial charge in [-0.05, 0) is 73.4 Å². The molecule has 174 valence electrons. The Morgan fingerprint density at radius 3 is 2.50 bits per heavy atom. The second-order valence-corrected chi connectivity index (χ2v) is 8.24. The molecule has 0 saturated heterocycles. The summed E-state index contributed by atoms with van der Waals surface area (Å²) in [5.74, 6) is -1.69. The minimum absolute atomic E-state index is 0.0298. The van der Waals surface area contributed by atoms with Gasteiger partial charge in [0.05, 0.1) is 17.3 Å². The van der Waals surface area contributed by atoms with E-state index in [1.54, 1.807) is 12.1 Å². The molecule has 1 saturated carbocycles. The molecule has 0 atom stereocenters. The number of carboxylic acid groups (broad SMARTS) is 1. The largest absolute Gasteiger partial charge is 0.481 e. The maximum absolute atomic E-state index is 14.0. The Hall–Kier alpha value is -4.26. The van der Waals surface area contributed by atoms with Crippen molar-refractivity contribution in [2.75, 3.05) is 10.6 Å². The molecule has 0 radical (unpaired) electrons. The molecule has 3 N–H and O–H groups in total. The highest BCUT2D eigenvalue weighted by Crippen LogP contribution is 2.37. The van der Waals surface area contributed by atoms with E-state index in [1.165, 1.54) is 12.1 Å². The number of nitrogens with one attached hydrogen (secondary N) is 2. The number of nitrogens with zero attached hydrogens (tertiary/aromatic N) is 3. The molecule has 4 rings (SSSR count). The van der Waals surface area contributed by atoms with E-state index in [4.69, 9.17) is 14.8 Å².